The van der Waals surface area contributed by atoms with Gasteiger partial charge in [0, 0.05) is 49.6 Å². The number of aromatic nitrogens is 2. The molecule has 0 radical (unpaired) electrons. The third-order valence-electron chi connectivity index (χ3n) is 8.11. The summed E-state index contributed by atoms with van der Waals surface area (Å²) in [7, 11) is 0. The maximum atomic E-state index is 12.2. The lowest BCUT2D eigenvalue weighted by molar-refractivity contribution is -0.167. The largest absolute Gasteiger partial charge is 0.458 e. The Kier molecular flexibility index (Phi) is 11.8. The van der Waals surface area contributed by atoms with Crippen LogP contribution in [0.1, 0.15) is 73.1 Å². The topological polar surface area (TPSA) is 130 Å². The number of pyridine rings is 2. The van der Waals surface area contributed by atoms with Crippen molar-refractivity contribution in [1.82, 2.24) is 15.3 Å². The number of rotatable bonds is 12. The lowest BCUT2D eigenvalue weighted by atomic mass is 9.82. The van der Waals surface area contributed by atoms with Crippen LogP contribution < -0.4 is 16.0 Å². The van der Waals surface area contributed by atoms with Gasteiger partial charge in [-0.1, -0.05) is 17.7 Å². The normalized spacial score (nSPS) is 21.5. The van der Waals surface area contributed by atoms with Crippen LogP contribution in [0.4, 0.5) is 11.6 Å². The van der Waals surface area contributed by atoms with Gasteiger partial charge < -0.3 is 30.2 Å². The molecule has 2 fully saturated rings. The zero-order valence-electron chi connectivity index (χ0n) is 26.6. The number of nitriles is 1. The average molecular weight is 627 g/mol. The molecule has 3 heterocycles. The summed E-state index contributed by atoms with van der Waals surface area (Å²) in [6.07, 6.45) is 6.54. The Bertz CT molecular complexity index is 1280. The van der Waals surface area contributed by atoms with Crippen LogP contribution in [0.5, 0.6) is 0 Å². The molecule has 2 aromatic rings. The van der Waals surface area contributed by atoms with Crippen LogP contribution in [0.15, 0.2) is 30.5 Å². The molecule has 44 heavy (non-hydrogen) atoms. The molecule has 1 saturated carbocycles. The van der Waals surface area contributed by atoms with Crippen molar-refractivity contribution in [1.29, 1.82) is 5.26 Å². The molecule has 1 aliphatic heterocycles. The van der Waals surface area contributed by atoms with E-state index in [1.54, 1.807) is 13.1 Å². The summed E-state index contributed by atoms with van der Waals surface area (Å²) in [4.78, 5) is 21.5. The number of esters is 1. The van der Waals surface area contributed by atoms with E-state index in [1.165, 1.54) is 0 Å². The fraction of sp³-hybridized carbons (Fsp3) is 0.636. The number of carbonyl (C=O) groups excluding carboxylic acids is 1. The second kappa shape index (κ2) is 15.3. The zero-order valence-corrected chi connectivity index (χ0v) is 27.4. The molecule has 11 heteroatoms. The van der Waals surface area contributed by atoms with Crippen molar-refractivity contribution in [3.63, 3.8) is 0 Å². The van der Waals surface area contributed by atoms with Gasteiger partial charge in [-0.3, -0.25) is 0 Å². The van der Waals surface area contributed by atoms with Gasteiger partial charge in [0.25, 0.3) is 0 Å². The number of ether oxygens (including phenoxy) is 3. The first kappa shape index (κ1) is 33.9. The first-order valence-electron chi connectivity index (χ1n) is 15.7. The van der Waals surface area contributed by atoms with Crippen molar-refractivity contribution >= 4 is 29.2 Å². The quantitative estimate of drug-likeness (QED) is 0.242. The van der Waals surface area contributed by atoms with E-state index in [0.29, 0.717) is 62.1 Å². The Morgan fingerprint density at radius 2 is 1.86 bits per heavy atom. The van der Waals surface area contributed by atoms with Gasteiger partial charge in [-0.2, -0.15) is 5.26 Å². The van der Waals surface area contributed by atoms with Crippen LogP contribution in [0.3, 0.4) is 0 Å². The maximum absolute atomic E-state index is 12.2. The molecular formula is C33H47ClN6O4. The first-order valence-corrected chi connectivity index (χ1v) is 16.1. The minimum Gasteiger partial charge on any atom is -0.458 e. The van der Waals surface area contributed by atoms with Gasteiger partial charge >= 0.3 is 5.97 Å². The molecule has 1 saturated heterocycles. The summed E-state index contributed by atoms with van der Waals surface area (Å²) < 4.78 is 16.6. The second-order valence-electron chi connectivity index (χ2n) is 13.1. The predicted octanol–water partition coefficient (Wildman–Crippen LogP) is 5.98. The summed E-state index contributed by atoms with van der Waals surface area (Å²) in [6, 6.07) is 11.0. The molecular weight excluding hydrogens is 580 g/mol. The number of halogens is 1. The van der Waals surface area contributed by atoms with Gasteiger partial charge in [0.15, 0.2) is 6.10 Å². The highest BCUT2D eigenvalue weighted by molar-refractivity contribution is 6.33. The molecule has 1 aliphatic carbocycles. The summed E-state index contributed by atoms with van der Waals surface area (Å²) in [5.41, 5.74) is 0.580. The van der Waals surface area contributed by atoms with Gasteiger partial charge in [-0.05, 0) is 91.3 Å². The molecule has 10 nitrogen and oxygen atoms in total. The van der Waals surface area contributed by atoms with E-state index in [0.717, 1.165) is 42.8 Å². The number of nitrogens with one attached hydrogen (secondary N) is 3. The SMILES string of the molecule is C[C@H](CO[C@@H](C)C(=O)OC(C)(C)C)NC1CCC(Nc2cc(-c3cccc(NCC4(C#N)CCOCC4)n3)c(Cl)cn2)CC1. The molecule has 0 unspecified atom stereocenters. The summed E-state index contributed by atoms with van der Waals surface area (Å²) in [5, 5.41) is 20.9. The van der Waals surface area contributed by atoms with E-state index >= 15 is 0 Å². The Hall–Kier alpha value is -2.97. The lowest BCUT2D eigenvalue weighted by Gasteiger charge is -2.32. The van der Waals surface area contributed by atoms with Crippen LogP contribution in [0.2, 0.25) is 5.02 Å². The van der Waals surface area contributed by atoms with Crippen LogP contribution in [0, 0.1) is 16.7 Å². The Morgan fingerprint density at radius 1 is 1.16 bits per heavy atom. The smallest absolute Gasteiger partial charge is 0.335 e. The van der Waals surface area contributed by atoms with E-state index in [4.69, 9.17) is 30.8 Å². The maximum Gasteiger partial charge on any atom is 0.335 e. The minimum atomic E-state index is -0.600. The average Bonchev–Trinajstić information content (AvgIpc) is 3.00. The van der Waals surface area contributed by atoms with E-state index in [9.17, 15) is 10.1 Å². The molecule has 4 rings (SSSR count). The highest BCUT2D eigenvalue weighted by Gasteiger charge is 2.32. The van der Waals surface area contributed by atoms with Crippen molar-refractivity contribution in [2.45, 2.75) is 103 Å². The number of hydrogen-bond donors (Lipinski definition) is 3. The van der Waals surface area contributed by atoms with Gasteiger partial charge in [0.1, 0.15) is 17.2 Å². The molecule has 2 atom stereocenters. The fourth-order valence-corrected chi connectivity index (χ4v) is 5.75. The van der Waals surface area contributed by atoms with Crippen molar-refractivity contribution in [3.05, 3.63) is 35.5 Å². The fourth-order valence-electron chi connectivity index (χ4n) is 5.55. The first-order chi connectivity index (χ1) is 20.9. The van der Waals surface area contributed by atoms with E-state index in [2.05, 4.69) is 33.9 Å². The highest BCUT2D eigenvalue weighted by atomic mass is 35.5. The molecule has 0 aromatic carbocycles. The van der Waals surface area contributed by atoms with Crippen molar-refractivity contribution in [3.8, 4) is 17.3 Å². The number of nitrogens with zero attached hydrogens (tertiary/aromatic N) is 3. The second-order valence-corrected chi connectivity index (χ2v) is 13.5. The van der Waals surface area contributed by atoms with E-state index in [1.807, 2.05) is 45.0 Å². The lowest BCUT2D eigenvalue weighted by Crippen LogP contribution is -2.44. The zero-order chi connectivity index (χ0) is 31.7. The molecule has 2 aliphatic rings. The summed E-state index contributed by atoms with van der Waals surface area (Å²) in [6.45, 7) is 11.5. The number of hydrogen-bond acceptors (Lipinski definition) is 10. The van der Waals surface area contributed by atoms with E-state index in [-0.39, 0.29) is 12.0 Å². The molecule has 0 bridgehead atoms. The highest BCUT2D eigenvalue weighted by Crippen LogP contribution is 2.32. The molecule has 0 spiro atoms. The number of anilines is 2. The predicted molar refractivity (Wildman–Crippen MR) is 173 cm³/mol. The van der Waals surface area contributed by atoms with Crippen molar-refractivity contribution in [2.24, 2.45) is 5.41 Å². The monoisotopic (exact) mass is 626 g/mol. The Labute approximate surface area is 266 Å². The van der Waals surface area contributed by atoms with Gasteiger partial charge in [0.2, 0.25) is 0 Å². The molecule has 2 aromatic heterocycles. The van der Waals surface area contributed by atoms with E-state index < -0.39 is 17.1 Å². The molecule has 0 amide bonds. The van der Waals surface area contributed by atoms with Crippen LogP contribution in [-0.4, -0.2) is 72.1 Å². The van der Waals surface area contributed by atoms with Crippen molar-refractivity contribution < 1.29 is 19.0 Å². The molecule has 240 valence electrons. The Morgan fingerprint density at radius 3 is 2.55 bits per heavy atom. The minimum absolute atomic E-state index is 0.120. The van der Waals surface area contributed by atoms with Gasteiger partial charge in [-0.15, -0.1) is 0 Å². The number of carbonyl (C=O) groups is 1. The molecule has 3 N–H and O–H groups in total. The third kappa shape index (κ3) is 10.0. The Balaban J connectivity index is 1.26. The standard InChI is InChI=1S/C33H47ClN6O4/c1-22(19-43-23(2)31(41)44-32(3,4)5)38-24-9-11-25(12-10-24)39-30-17-26(27(34)18-36-30)28-7-6-8-29(40-28)37-21-33(20-35)13-15-42-16-14-33/h6-8,17-18,22-25,38H,9-16,19,21H2,1-5H3,(H,36,39)(H,37,40)/t22-,23+,24?,25?/m1/s1. The van der Waals surface area contributed by atoms with Gasteiger partial charge in [-0.25, -0.2) is 14.8 Å². The van der Waals surface area contributed by atoms with Gasteiger partial charge in [0.05, 0.1) is 28.8 Å². The summed E-state index contributed by atoms with van der Waals surface area (Å²) >= 11 is 6.58. The van der Waals surface area contributed by atoms with Crippen LogP contribution in [-0.2, 0) is 19.0 Å². The van der Waals surface area contributed by atoms with Crippen molar-refractivity contribution in [2.75, 3.05) is 37.0 Å². The van der Waals surface area contributed by atoms with Crippen LogP contribution in [0.25, 0.3) is 11.3 Å². The summed E-state index contributed by atoms with van der Waals surface area (Å²) in [5.74, 6) is 1.13. The third-order valence-corrected chi connectivity index (χ3v) is 8.41. The van der Waals surface area contributed by atoms with Crippen LogP contribution >= 0.6 is 11.6 Å².